The highest BCUT2D eigenvalue weighted by Crippen LogP contribution is 2.35. The van der Waals surface area contributed by atoms with Crippen molar-refractivity contribution < 1.29 is 14.3 Å². The zero-order valence-electron chi connectivity index (χ0n) is 14.8. The maximum atomic E-state index is 12.6. The van der Waals surface area contributed by atoms with Gasteiger partial charge in [-0.1, -0.05) is 29.8 Å². The molecular weight excluding hydrogens is 420 g/mol. The maximum Gasteiger partial charge on any atom is 0.415 e. The van der Waals surface area contributed by atoms with Crippen LogP contribution in [0.4, 0.5) is 10.5 Å². The van der Waals surface area contributed by atoms with E-state index in [0.29, 0.717) is 15.7 Å². The number of anilines is 1. The first-order chi connectivity index (χ1) is 12.1. The van der Waals surface area contributed by atoms with Crippen LogP contribution in [0.3, 0.4) is 0 Å². The van der Waals surface area contributed by atoms with Gasteiger partial charge in [-0.25, -0.2) is 4.79 Å². The monoisotopic (exact) mass is 438 g/mol. The van der Waals surface area contributed by atoms with Gasteiger partial charge in [0.25, 0.3) is 0 Å². The summed E-state index contributed by atoms with van der Waals surface area (Å²) >= 11 is 9.20. The number of nitrogens with two attached hydrogens (primary N) is 1. The number of hydrogen-bond donors (Lipinski definition) is 1. The molecule has 26 heavy (non-hydrogen) atoms. The Morgan fingerprint density at radius 3 is 2.54 bits per heavy atom. The molecule has 2 aromatic rings. The van der Waals surface area contributed by atoms with Crippen LogP contribution >= 0.6 is 27.5 Å². The highest BCUT2D eigenvalue weighted by Gasteiger charge is 2.24. The third kappa shape index (κ3) is 4.77. The lowest BCUT2D eigenvalue weighted by Gasteiger charge is -2.27. The second-order valence-electron chi connectivity index (χ2n) is 6.65. The van der Waals surface area contributed by atoms with Crippen LogP contribution in [0.15, 0.2) is 46.4 Å². The summed E-state index contributed by atoms with van der Waals surface area (Å²) in [6.07, 6.45) is 1.17. The molecule has 0 bridgehead atoms. The van der Waals surface area contributed by atoms with Gasteiger partial charge in [0.15, 0.2) is 0 Å². The molecule has 0 atom stereocenters. The van der Waals surface area contributed by atoms with Crippen molar-refractivity contribution in [1.82, 2.24) is 0 Å². The molecule has 2 N–H and O–H groups in total. The first-order valence-electron chi connectivity index (χ1n) is 7.92. The minimum atomic E-state index is -0.625. The number of amides is 2. The van der Waals surface area contributed by atoms with E-state index in [-0.39, 0.29) is 6.54 Å². The van der Waals surface area contributed by atoms with Crippen molar-refractivity contribution in [2.24, 2.45) is 5.73 Å². The molecule has 0 spiro atoms. The lowest BCUT2D eigenvalue weighted by atomic mass is 10.1. The fourth-order valence-corrected chi connectivity index (χ4v) is 3.16. The molecule has 138 valence electrons. The van der Waals surface area contributed by atoms with Gasteiger partial charge in [0.1, 0.15) is 5.60 Å². The zero-order chi connectivity index (χ0) is 19.5. The summed E-state index contributed by atoms with van der Waals surface area (Å²) in [6.45, 7) is 5.67. The highest BCUT2D eigenvalue weighted by molar-refractivity contribution is 9.10. The summed E-state index contributed by atoms with van der Waals surface area (Å²) in [5.41, 5.74) is 7.12. The Morgan fingerprint density at radius 1 is 1.27 bits per heavy atom. The summed E-state index contributed by atoms with van der Waals surface area (Å²) in [6, 6.07) is 8.75. The summed E-state index contributed by atoms with van der Waals surface area (Å²) in [4.78, 5) is 25.5. The zero-order valence-corrected chi connectivity index (χ0v) is 17.1. The minimum absolute atomic E-state index is 0.252. The lowest BCUT2D eigenvalue weighted by molar-refractivity contribution is 0.0584. The third-order valence-corrected chi connectivity index (χ3v) is 4.51. The Balaban J connectivity index is 2.52. The van der Waals surface area contributed by atoms with Crippen LogP contribution in [-0.2, 0) is 4.74 Å². The van der Waals surface area contributed by atoms with Gasteiger partial charge in [-0.15, -0.1) is 0 Å². The van der Waals surface area contributed by atoms with Crippen LogP contribution in [0.1, 0.15) is 31.1 Å². The van der Waals surface area contributed by atoms with E-state index in [2.05, 4.69) is 15.9 Å². The van der Waals surface area contributed by atoms with Gasteiger partial charge in [-0.2, -0.15) is 0 Å². The predicted octanol–water partition coefficient (Wildman–Crippen LogP) is 5.20. The van der Waals surface area contributed by atoms with Gasteiger partial charge in [0, 0.05) is 22.1 Å². The Labute approximate surface area is 165 Å². The van der Waals surface area contributed by atoms with Gasteiger partial charge in [0.05, 0.1) is 5.69 Å². The topological polar surface area (TPSA) is 72.6 Å². The first-order valence-corrected chi connectivity index (χ1v) is 9.15. The number of halogens is 2. The second-order valence-corrected chi connectivity index (χ2v) is 7.70. The number of fused-ring (bicyclic) bond motifs is 1. The first kappa shape index (κ1) is 20.3. The van der Waals surface area contributed by atoms with Crippen molar-refractivity contribution >= 4 is 56.0 Å². The summed E-state index contributed by atoms with van der Waals surface area (Å²) in [5, 5.41) is 1.67. The third-order valence-electron chi connectivity index (χ3n) is 3.50. The molecule has 0 unspecified atom stereocenters. The highest BCUT2D eigenvalue weighted by atomic mass is 79.9. The molecule has 0 fully saturated rings. The van der Waals surface area contributed by atoms with Gasteiger partial charge in [-0.3, -0.25) is 9.69 Å². The van der Waals surface area contributed by atoms with Crippen LogP contribution < -0.4 is 10.6 Å². The van der Waals surface area contributed by atoms with E-state index in [1.807, 2.05) is 6.07 Å². The fraction of sp³-hybridized carbons (Fsp3) is 0.263. The minimum Gasteiger partial charge on any atom is -0.443 e. The van der Waals surface area contributed by atoms with E-state index < -0.39 is 17.6 Å². The molecule has 0 aliphatic carbocycles. The summed E-state index contributed by atoms with van der Waals surface area (Å²) < 4.78 is 6.21. The maximum absolute atomic E-state index is 12.6. The van der Waals surface area contributed by atoms with Crippen molar-refractivity contribution in [2.75, 3.05) is 11.4 Å². The number of ether oxygens (including phenoxy) is 1. The van der Waals surface area contributed by atoms with Gasteiger partial charge in [0.2, 0.25) is 5.91 Å². The lowest BCUT2D eigenvalue weighted by Crippen LogP contribution is -2.37. The van der Waals surface area contributed by atoms with Crippen molar-refractivity contribution in [3.63, 3.8) is 0 Å². The van der Waals surface area contributed by atoms with Crippen molar-refractivity contribution in [3.8, 4) is 0 Å². The normalized spacial score (nSPS) is 11.7. The van der Waals surface area contributed by atoms with Crippen LogP contribution in [0.25, 0.3) is 10.8 Å². The van der Waals surface area contributed by atoms with Crippen molar-refractivity contribution in [1.29, 1.82) is 0 Å². The van der Waals surface area contributed by atoms with Gasteiger partial charge >= 0.3 is 6.09 Å². The standard InChI is InChI=1S/C19H20BrClN2O3/c1-19(2,3)26-18(25)23(10-4-9-21)15-8-6-12-11-13(17(22)24)5-7-14(12)16(15)20/h4-9,11H,10H2,1-3H3,(H2,22,24)/b9-4+. The smallest absolute Gasteiger partial charge is 0.415 e. The summed E-state index contributed by atoms with van der Waals surface area (Å²) in [5.74, 6) is -0.491. The van der Waals surface area contributed by atoms with E-state index in [9.17, 15) is 9.59 Å². The Bertz CT molecular complexity index is 875. The Morgan fingerprint density at radius 2 is 1.96 bits per heavy atom. The number of carbonyl (C=O) groups is 2. The van der Waals surface area contributed by atoms with Crippen molar-refractivity contribution in [3.05, 3.63) is 52.0 Å². The average Bonchev–Trinajstić information content (AvgIpc) is 2.55. The van der Waals surface area contributed by atoms with E-state index in [1.54, 1.807) is 51.1 Å². The molecule has 0 aliphatic heterocycles. The van der Waals surface area contributed by atoms with Crippen LogP contribution in [0, 0.1) is 0 Å². The second kappa shape index (κ2) is 8.10. The average molecular weight is 440 g/mol. The number of benzene rings is 2. The Hall–Kier alpha value is -2.05. The number of carbonyl (C=O) groups excluding carboxylic acids is 2. The predicted molar refractivity (Wildman–Crippen MR) is 109 cm³/mol. The molecule has 0 heterocycles. The molecule has 0 saturated carbocycles. The van der Waals surface area contributed by atoms with E-state index in [4.69, 9.17) is 22.1 Å². The van der Waals surface area contributed by atoms with Crippen molar-refractivity contribution in [2.45, 2.75) is 26.4 Å². The number of primary amides is 1. The Kier molecular flexibility index (Phi) is 6.31. The number of nitrogens with zero attached hydrogens (tertiary/aromatic N) is 1. The molecular formula is C19H20BrClN2O3. The quantitative estimate of drug-likeness (QED) is 0.712. The molecule has 2 aromatic carbocycles. The van der Waals surface area contributed by atoms with E-state index >= 15 is 0 Å². The van der Waals surface area contributed by atoms with Gasteiger partial charge in [-0.05, 0) is 65.7 Å². The van der Waals surface area contributed by atoms with Crippen LogP contribution in [0.5, 0.6) is 0 Å². The van der Waals surface area contributed by atoms with Crippen LogP contribution in [0.2, 0.25) is 0 Å². The molecule has 7 heteroatoms. The van der Waals surface area contributed by atoms with Crippen LogP contribution in [-0.4, -0.2) is 24.1 Å². The number of rotatable bonds is 4. The molecule has 0 aliphatic rings. The number of hydrogen-bond acceptors (Lipinski definition) is 3. The molecule has 2 rings (SSSR count). The largest absolute Gasteiger partial charge is 0.443 e. The molecule has 5 nitrogen and oxygen atoms in total. The SMILES string of the molecule is CC(C)(C)OC(=O)N(C/C=C/Cl)c1ccc2cc(C(N)=O)ccc2c1Br. The molecule has 2 amide bonds. The fourth-order valence-electron chi connectivity index (χ4n) is 2.38. The molecule has 0 aromatic heterocycles. The van der Waals surface area contributed by atoms with E-state index in [1.165, 1.54) is 10.4 Å². The van der Waals surface area contributed by atoms with E-state index in [0.717, 1.165) is 10.8 Å². The molecule has 0 radical (unpaired) electrons. The summed E-state index contributed by atoms with van der Waals surface area (Å²) in [7, 11) is 0. The molecule has 0 saturated heterocycles. The van der Waals surface area contributed by atoms with Gasteiger partial charge < -0.3 is 10.5 Å².